The van der Waals surface area contributed by atoms with Crippen LogP contribution < -0.4 is 14.4 Å². The summed E-state index contributed by atoms with van der Waals surface area (Å²) in [6.07, 6.45) is 1.43. The Balaban J connectivity index is 1.41. The van der Waals surface area contributed by atoms with Gasteiger partial charge in [-0.2, -0.15) is 0 Å². The van der Waals surface area contributed by atoms with Crippen molar-refractivity contribution in [2.24, 2.45) is 0 Å². The molecule has 0 bridgehead atoms. The van der Waals surface area contributed by atoms with Crippen LogP contribution in [0.1, 0.15) is 28.9 Å². The molecule has 2 aromatic carbocycles. The Kier molecular flexibility index (Phi) is 6.18. The molecule has 7 nitrogen and oxygen atoms in total. The summed E-state index contributed by atoms with van der Waals surface area (Å²) in [7, 11) is 3.17. The molecule has 1 aromatic heterocycles. The average Bonchev–Trinajstić information content (AvgIpc) is 3.46. The molecule has 0 aliphatic carbocycles. The van der Waals surface area contributed by atoms with Gasteiger partial charge in [0, 0.05) is 24.0 Å². The minimum atomic E-state index is -0.437. The normalized spacial score (nSPS) is 13.4. The highest BCUT2D eigenvalue weighted by Crippen LogP contribution is 2.39. The zero-order chi connectivity index (χ0) is 21.8. The molecule has 4 rings (SSSR count). The highest BCUT2D eigenvalue weighted by molar-refractivity contribution is 7.13. The lowest BCUT2D eigenvalue weighted by Gasteiger charge is -2.15. The maximum absolute atomic E-state index is 12.4. The van der Waals surface area contributed by atoms with Gasteiger partial charge in [0.05, 0.1) is 31.0 Å². The van der Waals surface area contributed by atoms with Gasteiger partial charge in [-0.15, -0.1) is 11.3 Å². The number of nitrogens with zero attached hydrogens (tertiary/aromatic N) is 2. The molecule has 1 fully saturated rings. The summed E-state index contributed by atoms with van der Waals surface area (Å²) in [4.78, 5) is 30.6. The molecule has 1 aliphatic rings. The van der Waals surface area contributed by atoms with Gasteiger partial charge in [0.2, 0.25) is 5.91 Å². The number of para-hydroxylation sites is 1. The molecule has 0 spiro atoms. The van der Waals surface area contributed by atoms with Crippen molar-refractivity contribution >= 4 is 28.9 Å². The summed E-state index contributed by atoms with van der Waals surface area (Å²) < 4.78 is 16.2. The first-order valence-electron chi connectivity index (χ1n) is 9.84. The van der Waals surface area contributed by atoms with Gasteiger partial charge < -0.3 is 19.1 Å². The van der Waals surface area contributed by atoms with Crippen LogP contribution in [0, 0.1) is 0 Å². The number of aromatic nitrogens is 1. The van der Waals surface area contributed by atoms with Crippen LogP contribution in [0.5, 0.6) is 11.5 Å². The van der Waals surface area contributed by atoms with E-state index in [0.717, 1.165) is 22.7 Å². The zero-order valence-corrected chi connectivity index (χ0v) is 18.1. The number of ether oxygens (including phenoxy) is 3. The van der Waals surface area contributed by atoms with Crippen LogP contribution in [-0.4, -0.2) is 37.6 Å². The molecule has 1 aliphatic heterocycles. The predicted octanol–water partition coefficient (Wildman–Crippen LogP) is 4.31. The Labute approximate surface area is 184 Å². The summed E-state index contributed by atoms with van der Waals surface area (Å²) in [5.41, 5.74) is 2.70. The van der Waals surface area contributed by atoms with Gasteiger partial charge in [-0.1, -0.05) is 6.07 Å². The van der Waals surface area contributed by atoms with Crippen LogP contribution in [-0.2, 0) is 16.1 Å². The molecule has 1 saturated heterocycles. The van der Waals surface area contributed by atoms with Crippen molar-refractivity contribution in [2.45, 2.75) is 19.4 Å². The van der Waals surface area contributed by atoms with E-state index in [4.69, 9.17) is 14.2 Å². The van der Waals surface area contributed by atoms with Crippen molar-refractivity contribution < 1.29 is 23.8 Å². The Morgan fingerprint density at radius 3 is 2.61 bits per heavy atom. The molecule has 0 unspecified atom stereocenters. The fourth-order valence-corrected chi connectivity index (χ4v) is 4.30. The molecular formula is C23H22N2O5S. The summed E-state index contributed by atoms with van der Waals surface area (Å²) >= 11 is 1.44. The van der Waals surface area contributed by atoms with E-state index < -0.39 is 5.97 Å². The molecule has 0 atom stereocenters. The zero-order valence-electron chi connectivity index (χ0n) is 17.3. The van der Waals surface area contributed by atoms with E-state index in [-0.39, 0.29) is 12.5 Å². The second kappa shape index (κ2) is 9.18. The molecule has 0 N–H and O–H groups in total. The van der Waals surface area contributed by atoms with Crippen molar-refractivity contribution in [1.82, 2.24) is 4.98 Å². The Hall–Kier alpha value is -3.39. The van der Waals surface area contributed by atoms with Gasteiger partial charge in [0.15, 0.2) is 11.5 Å². The van der Waals surface area contributed by atoms with Crippen LogP contribution in [0.4, 0.5) is 5.69 Å². The minimum Gasteiger partial charge on any atom is -0.493 e. The average molecular weight is 439 g/mol. The molecule has 8 heteroatoms. The van der Waals surface area contributed by atoms with Gasteiger partial charge in [-0.05, 0) is 42.8 Å². The maximum Gasteiger partial charge on any atom is 0.338 e. The molecule has 3 aromatic rings. The number of benzene rings is 2. The molecule has 2 heterocycles. The standard InChI is InChI=1S/C23H22N2O5S/c1-28-19-6-3-5-18(21(19)29-2)22-24-16(14-31-22)13-30-23(27)15-8-10-17(11-9-15)25-12-4-7-20(25)26/h3,5-6,8-11,14H,4,7,12-13H2,1-2H3. The first-order valence-corrected chi connectivity index (χ1v) is 10.7. The largest absolute Gasteiger partial charge is 0.493 e. The van der Waals surface area contributed by atoms with Crippen LogP contribution in [0.15, 0.2) is 47.8 Å². The van der Waals surface area contributed by atoms with Gasteiger partial charge >= 0.3 is 5.97 Å². The number of hydrogen-bond donors (Lipinski definition) is 0. The molecule has 31 heavy (non-hydrogen) atoms. The van der Waals surface area contributed by atoms with Crippen molar-refractivity contribution in [2.75, 3.05) is 25.7 Å². The summed E-state index contributed by atoms with van der Waals surface area (Å²) in [6.45, 7) is 0.779. The molecule has 0 radical (unpaired) electrons. The number of amides is 1. The number of anilines is 1. The van der Waals surface area contributed by atoms with Crippen molar-refractivity contribution in [3.63, 3.8) is 0 Å². The second-order valence-electron chi connectivity index (χ2n) is 6.96. The molecule has 160 valence electrons. The van der Waals surface area contributed by atoms with Crippen LogP contribution >= 0.6 is 11.3 Å². The highest BCUT2D eigenvalue weighted by atomic mass is 32.1. The van der Waals surface area contributed by atoms with Crippen molar-refractivity contribution in [1.29, 1.82) is 0 Å². The number of esters is 1. The van der Waals surface area contributed by atoms with Crippen molar-refractivity contribution in [3.05, 3.63) is 59.1 Å². The summed E-state index contributed by atoms with van der Waals surface area (Å²) in [5, 5.41) is 2.60. The van der Waals surface area contributed by atoms with Crippen LogP contribution in [0.3, 0.4) is 0 Å². The smallest absolute Gasteiger partial charge is 0.338 e. The quantitative estimate of drug-likeness (QED) is 0.512. The van der Waals surface area contributed by atoms with E-state index in [0.29, 0.717) is 35.7 Å². The topological polar surface area (TPSA) is 78.0 Å². The van der Waals surface area contributed by atoms with Gasteiger partial charge in [0.25, 0.3) is 0 Å². The third-order valence-corrected chi connectivity index (χ3v) is 5.95. The number of hydrogen-bond acceptors (Lipinski definition) is 7. The summed E-state index contributed by atoms with van der Waals surface area (Å²) in [6, 6.07) is 12.5. The second-order valence-corrected chi connectivity index (χ2v) is 7.82. The third kappa shape index (κ3) is 4.39. The minimum absolute atomic E-state index is 0.0635. The van der Waals surface area contributed by atoms with Gasteiger partial charge in [-0.25, -0.2) is 9.78 Å². The maximum atomic E-state index is 12.4. The lowest BCUT2D eigenvalue weighted by atomic mass is 10.2. The highest BCUT2D eigenvalue weighted by Gasteiger charge is 2.22. The van der Waals surface area contributed by atoms with E-state index in [9.17, 15) is 9.59 Å². The van der Waals surface area contributed by atoms with E-state index in [1.807, 2.05) is 23.6 Å². The number of carbonyl (C=O) groups excluding carboxylic acids is 2. The fraction of sp³-hybridized carbons (Fsp3) is 0.261. The summed E-state index contributed by atoms with van der Waals surface area (Å²) in [5.74, 6) is 0.914. The van der Waals surface area contributed by atoms with E-state index >= 15 is 0 Å². The number of carbonyl (C=O) groups is 2. The Morgan fingerprint density at radius 2 is 1.94 bits per heavy atom. The number of thiazole rings is 1. The Morgan fingerprint density at radius 1 is 1.13 bits per heavy atom. The number of rotatable bonds is 7. The molecular weight excluding hydrogens is 416 g/mol. The van der Waals surface area contributed by atoms with Crippen molar-refractivity contribution in [3.8, 4) is 22.1 Å². The fourth-order valence-electron chi connectivity index (χ4n) is 3.47. The van der Waals surface area contributed by atoms with E-state index in [1.165, 1.54) is 11.3 Å². The lowest BCUT2D eigenvalue weighted by molar-refractivity contribution is -0.117. The predicted molar refractivity (Wildman–Crippen MR) is 118 cm³/mol. The lowest BCUT2D eigenvalue weighted by Crippen LogP contribution is -2.23. The van der Waals surface area contributed by atoms with Gasteiger partial charge in [0.1, 0.15) is 11.6 Å². The van der Waals surface area contributed by atoms with Crippen LogP contribution in [0.2, 0.25) is 0 Å². The first-order chi connectivity index (χ1) is 15.1. The van der Waals surface area contributed by atoms with Crippen LogP contribution in [0.25, 0.3) is 10.6 Å². The number of methoxy groups -OCH3 is 2. The molecule has 0 saturated carbocycles. The first kappa shape index (κ1) is 20.9. The van der Waals surface area contributed by atoms with E-state index in [2.05, 4.69) is 4.98 Å². The van der Waals surface area contributed by atoms with E-state index in [1.54, 1.807) is 43.4 Å². The third-order valence-electron chi connectivity index (χ3n) is 5.02. The molecule has 1 amide bonds. The van der Waals surface area contributed by atoms with Gasteiger partial charge in [-0.3, -0.25) is 4.79 Å². The monoisotopic (exact) mass is 438 g/mol. The SMILES string of the molecule is COc1cccc(-c2nc(COC(=O)c3ccc(N4CCCC4=O)cc3)cs2)c1OC. The Bertz CT molecular complexity index is 1090.